The number of carbonyl (C=O) groups is 1. The lowest BCUT2D eigenvalue weighted by molar-refractivity contribution is 0.100. The third-order valence-electron chi connectivity index (χ3n) is 5.51. The number of aliphatic hydroxyl groups is 1. The highest BCUT2D eigenvalue weighted by atomic mass is 32.2. The molecule has 2 aromatic heterocycles. The van der Waals surface area contributed by atoms with E-state index in [9.17, 15) is 18.3 Å². The van der Waals surface area contributed by atoms with E-state index in [1.807, 2.05) is 30.3 Å². The quantitative estimate of drug-likeness (QED) is 0.394. The first-order valence-electron chi connectivity index (χ1n) is 10.4. The predicted octanol–water partition coefficient (Wildman–Crippen LogP) is 1.66. The minimum absolute atomic E-state index is 0.171. The normalized spacial score (nSPS) is 20.6. The molecule has 3 atom stereocenters. The Morgan fingerprint density at radius 3 is 2.76 bits per heavy atom. The molecule has 0 spiro atoms. The smallest absolute Gasteiger partial charge is 0.333 e. The van der Waals surface area contributed by atoms with Crippen molar-refractivity contribution < 1.29 is 26.9 Å². The fourth-order valence-electron chi connectivity index (χ4n) is 3.91. The molecule has 11 heteroatoms. The molecule has 1 saturated carbocycles. The van der Waals surface area contributed by atoms with E-state index >= 15 is 0 Å². The Bertz CT molecular complexity index is 1210. The van der Waals surface area contributed by atoms with Crippen LogP contribution < -0.4 is 10.5 Å². The van der Waals surface area contributed by atoms with Crippen molar-refractivity contribution in [3.8, 4) is 0 Å². The van der Waals surface area contributed by atoms with Gasteiger partial charge >= 0.3 is 10.3 Å². The Kier molecular flexibility index (Phi) is 6.84. The van der Waals surface area contributed by atoms with Crippen LogP contribution in [0.1, 0.15) is 40.3 Å². The molecule has 0 amide bonds. The van der Waals surface area contributed by atoms with E-state index in [-0.39, 0.29) is 29.8 Å². The van der Waals surface area contributed by atoms with Crippen molar-refractivity contribution in [3.63, 3.8) is 0 Å². The molecule has 10 nitrogen and oxygen atoms in total. The Morgan fingerprint density at radius 1 is 1.21 bits per heavy atom. The van der Waals surface area contributed by atoms with Gasteiger partial charge in [-0.25, -0.2) is 15.1 Å². The van der Waals surface area contributed by atoms with Gasteiger partial charge in [0.05, 0.1) is 18.3 Å². The van der Waals surface area contributed by atoms with E-state index in [2.05, 4.69) is 19.5 Å². The van der Waals surface area contributed by atoms with Crippen molar-refractivity contribution in [2.45, 2.75) is 31.4 Å². The van der Waals surface area contributed by atoms with Gasteiger partial charge in [0, 0.05) is 24.6 Å². The van der Waals surface area contributed by atoms with Gasteiger partial charge in [0.25, 0.3) is 0 Å². The van der Waals surface area contributed by atoms with E-state index in [1.54, 1.807) is 12.1 Å². The van der Waals surface area contributed by atoms with Crippen molar-refractivity contribution in [1.82, 2.24) is 9.97 Å². The van der Waals surface area contributed by atoms with Gasteiger partial charge in [-0.3, -0.25) is 8.98 Å². The van der Waals surface area contributed by atoms with Crippen LogP contribution in [0, 0.1) is 5.92 Å². The number of nitrogens with two attached hydrogens (primary N) is 1. The van der Waals surface area contributed by atoms with Gasteiger partial charge in [-0.2, -0.15) is 8.42 Å². The molecule has 2 heterocycles. The largest absolute Gasteiger partial charge is 0.457 e. The number of benzene rings is 1. The van der Waals surface area contributed by atoms with E-state index in [0.29, 0.717) is 30.8 Å². The first-order valence-corrected chi connectivity index (χ1v) is 11.8. The van der Waals surface area contributed by atoms with Crippen molar-refractivity contribution in [1.29, 1.82) is 0 Å². The van der Waals surface area contributed by atoms with Crippen molar-refractivity contribution in [3.05, 3.63) is 77.6 Å². The summed E-state index contributed by atoms with van der Waals surface area (Å²) < 4.78 is 32.4. The Morgan fingerprint density at radius 2 is 2.00 bits per heavy atom. The average Bonchev–Trinajstić information content (AvgIpc) is 3.38. The van der Waals surface area contributed by atoms with Gasteiger partial charge in [0.2, 0.25) is 5.78 Å². The number of anilines is 1. The number of rotatable bonds is 9. The zero-order chi connectivity index (χ0) is 23.4. The maximum Gasteiger partial charge on any atom is 0.333 e. The van der Waals surface area contributed by atoms with Crippen LogP contribution in [-0.4, -0.2) is 48.0 Å². The summed E-state index contributed by atoms with van der Waals surface area (Å²) in [5.74, 6) is 0.343. The number of ketones is 1. The van der Waals surface area contributed by atoms with E-state index in [4.69, 9.17) is 9.56 Å². The molecular weight excluding hydrogens is 448 g/mol. The van der Waals surface area contributed by atoms with Crippen molar-refractivity contribution in [2.75, 3.05) is 11.9 Å². The highest BCUT2D eigenvalue weighted by molar-refractivity contribution is 7.84. The number of carbonyl (C=O) groups excluding carboxylic acids is 1. The number of aliphatic hydroxyl groups excluding tert-OH is 1. The number of nitrogens with zero attached hydrogens (tertiary/aromatic N) is 2. The predicted molar refractivity (Wildman–Crippen MR) is 119 cm³/mol. The molecule has 33 heavy (non-hydrogen) atoms. The van der Waals surface area contributed by atoms with Gasteiger partial charge in [-0.15, -0.1) is 0 Å². The lowest BCUT2D eigenvalue weighted by atomic mass is 10.1. The molecular formula is C22H24N4O6S. The molecule has 174 valence electrons. The summed E-state index contributed by atoms with van der Waals surface area (Å²) in [6.45, 7) is -0.218. The SMILES string of the molecule is NS(=O)(=O)OCC1C[C@@H](Nc2ncncc2C(=O)c2ccc(Cc3ccccc3)o2)C[C@@H]1O. The van der Waals surface area contributed by atoms with E-state index in [1.165, 1.54) is 12.5 Å². The molecule has 4 N–H and O–H groups in total. The standard InChI is InChI=1S/C22H24N4O6S/c23-33(29,30)31-12-15-9-16(10-19(15)27)26-22-18(11-24-13-25-22)21(28)20-7-6-17(32-20)8-14-4-2-1-3-5-14/h1-7,11,13,15-16,19,27H,8-10,12H2,(H2,23,29,30)(H,24,25,26)/t15?,16-,19+/m1/s1. The summed E-state index contributed by atoms with van der Waals surface area (Å²) in [5, 5.41) is 18.3. The highest BCUT2D eigenvalue weighted by Crippen LogP contribution is 2.30. The summed E-state index contributed by atoms with van der Waals surface area (Å²) >= 11 is 0. The first-order chi connectivity index (χ1) is 15.8. The Hall–Kier alpha value is -3.12. The zero-order valence-corrected chi connectivity index (χ0v) is 18.4. The number of aromatic nitrogens is 2. The molecule has 0 aliphatic heterocycles. The fourth-order valence-corrected chi connectivity index (χ4v) is 4.28. The Balaban J connectivity index is 1.44. The van der Waals surface area contributed by atoms with Gasteiger partial charge in [-0.1, -0.05) is 30.3 Å². The fraction of sp³-hybridized carbons (Fsp3) is 0.318. The summed E-state index contributed by atoms with van der Waals surface area (Å²) in [4.78, 5) is 21.2. The second-order valence-electron chi connectivity index (χ2n) is 7.96. The molecule has 1 aliphatic carbocycles. The van der Waals surface area contributed by atoms with Crippen molar-refractivity contribution >= 4 is 21.9 Å². The summed E-state index contributed by atoms with van der Waals surface area (Å²) in [7, 11) is -4.09. The van der Waals surface area contributed by atoms with Crippen LogP contribution in [0.3, 0.4) is 0 Å². The molecule has 1 unspecified atom stereocenters. The second-order valence-corrected chi connectivity index (χ2v) is 9.18. The maximum absolute atomic E-state index is 13.1. The van der Waals surface area contributed by atoms with Gasteiger partial charge in [0.1, 0.15) is 17.9 Å². The monoisotopic (exact) mass is 472 g/mol. The number of furan rings is 1. The van der Waals surface area contributed by atoms with Crippen LogP contribution in [0.2, 0.25) is 0 Å². The Labute approximate surface area is 191 Å². The number of hydrogen-bond donors (Lipinski definition) is 3. The third-order valence-corrected chi connectivity index (χ3v) is 5.97. The molecule has 0 bridgehead atoms. The van der Waals surface area contributed by atoms with E-state index in [0.717, 1.165) is 5.56 Å². The second kappa shape index (κ2) is 9.79. The molecule has 4 rings (SSSR count). The van der Waals surface area contributed by atoms with Crippen molar-refractivity contribution in [2.24, 2.45) is 11.1 Å². The van der Waals surface area contributed by atoms with Gasteiger partial charge in [0.15, 0.2) is 5.76 Å². The zero-order valence-electron chi connectivity index (χ0n) is 17.6. The number of hydrogen-bond acceptors (Lipinski definition) is 9. The molecule has 1 fully saturated rings. The van der Waals surface area contributed by atoms with Crippen LogP contribution in [0.5, 0.6) is 0 Å². The van der Waals surface area contributed by atoms with E-state index < -0.39 is 22.3 Å². The van der Waals surface area contributed by atoms with Crippen LogP contribution in [0.25, 0.3) is 0 Å². The maximum atomic E-state index is 13.1. The minimum atomic E-state index is -4.09. The topological polar surface area (TPSA) is 158 Å². The lowest BCUT2D eigenvalue weighted by Gasteiger charge is -2.15. The molecule has 0 saturated heterocycles. The van der Waals surface area contributed by atoms with Crippen LogP contribution >= 0.6 is 0 Å². The first kappa shape index (κ1) is 23.1. The summed E-state index contributed by atoms with van der Waals surface area (Å²) in [6.07, 6.45) is 3.25. The van der Waals surface area contributed by atoms with Crippen LogP contribution in [0.4, 0.5) is 5.82 Å². The molecule has 1 aliphatic rings. The van der Waals surface area contributed by atoms with Gasteiger partial charge < -0.3 is 14.8 Å². The highest BCUT2D eigenvalue weighted by Gasteiger charge is 2.35. The summed E-state index contributed by atoms with van der Waals surface area (Å²) in [6, 6.07) is 12.9. The van der Waals surface area contributed by atoms with Crippen LogP contribution in [-0.2, 0) is 20.9 Å². The minimum Gasteiger partial charge on any atom is -0.457 e. The molecule has 0 radical (unpaired) electrons. The third kappa shape index (κ3) is 6.02. The molecule has 1 aromatic carbocycles. The molecule has 3 aromatic rings. The summed E-state index contributed by atoms with van der Waals surface area (Å²) in [5.41, 5.74) is 1.30. The van der Waals surface area contributed by atoms with Gasteiger partial charge in [-0.05, 0) is 30.5 Å². The van der Waals surface area contributed by atoms with Crippen LogP contribution in [0.15, 0.2) is 59.4 Å². The lowest BCUT2D eigenvalue weighted by Crippen LogP contribution is -2.24. The average molecular weight is 473 g/mol. The number of nitrogens with one attached hydrogen (secondary N) is 1.